The first-order chi connectivity index (χ1) is 14.7. The molecule has 0 aliphatic heterocycles. The van der Waals surface area contributed by atoms with Gasteiger partial charge in [-0.25, -0.2) is 4.79 Å². The Labute approximate surface area is 173 Å². The monoisotopic (exact) mass is 397 g/mol. The van der Waals surface area contributed by atoms with Crippen molar-refractivity contribution in [1.82, 2.24) is 0 Å². The van der Waals surface area contributed by atoms with Gasteiger partial charge in [-0.1, -0.05) is 54.6 Å². The average Bonchev–Trinajstić information content (AvgIpc) is 2.79. The highest BCUT2D eigenvalue weighted by Crippen LogP contribution is 2.23. The molecular formula is C25H19NO4. The second-order valence-electron chi connectivity index (χ2n) is 6.59. The van der Waals surface area contributed by atoms with Crippen LogP contribution in [-0.4, -0.2) is 18.5 Å². The zero-order valence-corrected chi connectivity index (χ0v) is 16.1. The third-order valence-corrected chi connectivity index (χ3v) is 4.46. The van der Waals surface area contributed by atoms with Gasteiger partial charge in [-0.05, 0) is 53.2 Å². The van der Waals surface area contributed by atoms with Crippen LogP contribution in [0.3, 0.4) is 0 Å². The number of esters is 1. The van der Waals surface area contributed by atoms with Crippen molar-refractivity contribution in [2.45, 2.75) is 0 Å². The van der Waals surface area contributed by atoms with Crippen LogP contribution in [0.4, 0.5) is 5.69 Å². The Morgan fingerprint density at radius 2 is 1.37 bits per heavy atom. The van der Waals surface area contributed by atoms with E-state index in [0.29, 0.717) is 17.0 Å². The summed E-state index contributed by atoms with van der Waals surface area (Å²) in [4.78, 5) is 24.6. The number of carbonyl (C=O) groups excluding carboxylic acids is 2. The summed E-state index contributed by atoms with van der Waals surface area (Å²) < 4.78 is 10.9. The maximum atomic E-state index is 12.4. The van der Waals surface area contributed by atoms with Gasteiger partial charge in [0, 0.05) is 5.69 Å². The number of rotatable bonds is 6. The summed E-state index contributed by atoms with van der Waals surface area (Å²) in [6.07, 6.45) is 0. The van der Waals surface area contributed by atoms with E-state index in [9.17, 15) is 9.59 Å². The van der Waals surface area contributed by atoms with Crippen molar-refractivity contribution >= 4 is 28.3 Å². The van der Waals surface area contributed by atoms with Crippen molar-refractivity contribution in [1.29, 1.82) is 0 Å². The molecule has 0 heterocycles. The fourth-order valence-electron chi connectivity index (χ4n) is 3.04. The summed E-state index contributed by atoms with van der Waals surface area (Å²) in [7, 11) is 0. The molecule has 0 aromatic heterocycles. The van der Waals surface area contributed by atoms with Crippen LogP contribution >= 0.6 is 0 Å². The van der Waals surface area contributed by atoms with E-state index in [1.807, 2.05) is 60.7 Å². The topological polar surface area (TPSA) is 64.6 Å². The normalized spacial score (nSPS) is 10.4. The maximum absolute atomic E-state index is 12.4. The number of amides is 1. The highest BCUT2D eigenvalue weighted by atomic mass is 16.5. The van der Waals surface area contributed by atoms with Gasteiger partial charge in [0.05, 0.1) is 5.56 Å². The van der Waals surface area contributed by atoms with E-state index < -0.39 is 11.9 Å². The van der Waals surface area contributed by atoms with Crippen LogP contribution in [0.1, 0.15) is 10.4 Å². The van der Waals surface area contributed by atoms with Crippen molar-refractivity contribution in [2.75, 3.05) is 11.9 Å². The molecule has 30 heavy (non-hydrogen) atoms. The second kappa shape index (κ2) is 8.92. The number of ether oxygens (including phenoxy) is 2. The van der Waals surface area contributed by atoms with E-state index in [1.165, 1.54) is 0 Å². The lowest BCUT2D eigenvalue weighted by Crippen LogP contribution is -2.21. The average molecular weight is 397 g/mol. The maximum Gasteiger partial charge on any atom is 0.339 e. The zero-order chi connectivity index (χ0) is 20.8. The van der Waals surface area contributed by atoms with Crippen molar-refractivity contribution in [3.05, 3.63) is 103 Å². The number of hydrogen-bond donors (Lipinski definition) is 1. The lowest BCUT2D eigenvalue weighted by Gasteiger charge is -2.09. The van der Waals surface area contributed by atoms with Gasteiger partial charge in [0.2, 0.25) is 0 Å². The third kappa shape index (κ3) is 4.64. The first-order valence-electron chi connectivity index (χ1n) is 9.47. The molecule has 1 amide bonds. The number of anilines is 1. The van der Waals surface area contributed by atoms with Gasteiger partial charge >= 0.3 is 5.97 Å². The molecule has 0 unspecified atom stereocenters. The summed E-state index contributed by atoms with van der Waals surface area (Å²) in [5.41, 5.74) is 1.02. The van der Waals surface area contributed by atoms with Crippen LogP contribution < -0.4 is 10.1 Å². The highest BCUT2D eigenvalue weighted by molar-refractivity contribution is 6.05. The number of para-hydroxylation sites is 1. The Balaban J connectivity index is 1.33. The number of benzene rings is 4. The van der Waals surface area contributed by atoms with E-state index in [4.69, 9.17) is 9.47 Å². The molecule has 0 spiro atoms. The molecule has 4 aromatic carbocycles. The SMILES string of the molecule is O=C(COC(=O)c1cccc2ccccc12)Nc1ccc(Oc2ccccc2)cc1. The zero-order valence-electron chi connectivity index (χ0n) is 16.1. The number of carbonyl (C=O) groups is 2. The molecule has 4 rings (SSSR count). The Morgan fingerprint density at radius 1 is 0.700 bits per heavy atom. The largest absolute Gasteiger partial charge is 0.457 e. The molecule has 5 heteroatoms. The van der Waals surface area contributed by atoms with Crippen LogP contribution in [0.2, 0.25) is 0 Å². The predicted octanol–water partition coefficient (Wildman–Crippen LogP) is 5.43. The van der Waals surface area contributed by atoms with Crippen LogP contribution in [0.15, 0.2) is 97.1 Å². The fraction of sp³-hybridized carbons (Fsp3) is 0.0400. The fourth-order valence-corrected chi connectivity index (χ4v) is 3.04. The Kier molecular flexibility index (Phi) is 5.71. The van der Waals surface area contributed by atoms with Gasteiger partial charge in [-0.3, -0.25) is 4.79 Å². The van der Waals surface area contributed by atoms with Crippen molar-refractivity contribution in [2.24, 2.45) is 0 Å². The van der Waals surface area contributed by atoms with E-state index >= 15 is 0 Å². The molecule has 0 saturated carbocycles. The summed E-state index contributed by atoms with van der Waals surface area (Å²) >= 11 is 0. The number of hydrogen-bond acceptors (Lipinski definition) is 4. The third-order valence-electron chi connectivity index (χ3n) is 4.46. The van der Waals surface area contributed by atoms with E-state index in [-0.39, 0.29) is 6.61 Å². The van der Waals surface area contributed by atoms with Crippen LogP contribution in [0.25, 0.3) is 10.8 Å². The molecule has 0 fully saturated rings. The quantitative estimate of drug-likeness (QED) is 0.441. The minimum absolute atomic E-state index is 0.371. The van der Waals surface area contributed by atoms with Crippen LogP contribution in [0, 0.1) is 0 Å². The first-order valence-corrected chi connectivity index (χ1v) is 9.47. The standard InChI is InChI=1S/C25H19NO4/c27-24(17-29-25(28)23-12-6-8-18-7-4-5-11-22(18)23)26-19-13-15-21(16-14-19)30-20-9-2-1-3-10-20/h1-16H,17H2,(H,26,27). The summed E-state index contributed by atoms with van der Waals surface area (Å²) in [6, 6.07) is 29.3. The molecule has 0 saturated heterocycles. The summed E-state index contributed by atoms with van der Waals surface area (Å²) in [6.45, 7) is -0.371. The highest BCUT2D eigenvalue weighted by Gasteiger charge is 2.13. The lowest BCUT2D eigenvalue weighted by molar-refractivity contribution is -0.119. The lowest BCUT2D eigenvalue weighted by atomic mass is 10.1. The van der Waals surface area contributed by atoms with Crippen LogP contribution in [-0.2, 0) is 9.53 Å². The molecular weight excluding hydrogens is 378 g/mol. The minimum Gasteiger partial charge on any atom is -0.457 e. The predicted molar refractivity (Wildman–Crippen MR) is 116 cm³/mol. The smallest absolute Gasteiger partial charge is 0.339 e. The van der Waals surface area contributed by atoms with Crippen molar-refractivity contribution in [3.8, 4) is 11.5 Å². The minimum atomic E-state index is -0.534. The molecule has 5 nitrogen and oxygen atoms in total. The Hall–Kier alpha value is -4.12. The van der Waals surface area contributed by atoms with Gasteiger partial charge in [0.15, 0.2) is 6.61 Å². The van der Waals surface area contributed by atoms with Gasteiger partial charge in [-0.15, -0.1) is 0 Å². The molecule has 0 bridgehead atoms. The number of nitrogens with one attached hydrogen (secondary N) is 1. The molecule has 0 aliphatic carbocycles. The molecule has 0 radical (unpaired) electrons. The summed E-state index contributed by atoms with van der Waals surface area (Å²) in [5, 5.41) is 4.44. The van der Waals surface area contributed by atoms with Gasteiger partial charge in [-0.2, -0.15) is 0 Å². The summed E-state index contributed by atoms with van der Waals surface area (Å²) in [5.74, 6) is 0.435. The van der Waals surface area contributed by atoms with Gasteiger partial charge < -0.3 is 14.8 Å². The van der Waals surface area contributed by atoms with Crippen molar-refractivity contribution in [3.63, 3.8) is 0 Å². The van der Waals surface area contributed by atoms with Gasteiger partial charge in [0.1, 0.15) is 11.5 Å². The second-order valence-corrected chi connectivity index (χ2v) is 6.59. The van der Waals surface area contributed by atoms with E-state index in [2.05, 4.69) is 5.32 Å². The Bertz CT molecular complexity index is 1170. The van der Waals surface area contributed by atoms with Crippen molar-refractivity contribution < 1.29 is 19.1 Å². The first kappa shape index (κ1) is 19.2. The number of fused-ring (bicyclic) bond motifs is 1. The molecule has 1 N–H and O–H groups in total. The molecule has 0 aliphatic rings. The molecule has 0 atom stereocenters. The van der Waals surface area contributed by atoms with Gasteiger partial charge in [0.25, 0.3) is 5.91 Å². The van der Waals surface area contributed by atoms with E-state index in [0.717, 1.165) is 16.5 Å². The van der Waals surface area contributed by atoms with E-state index in [1.54, 1.807) is 36.4 Å². The Morgan fingerprint density at radius 3 is 2.17 bits per heavy atom. The molecule has 4 aromatic rings. The molecule has 148 valence electrons. The van der Waals surface area contributed by atoms with Crippen LogP contribution in [0.5, 0.6) is 11.5 Å².